The molecule has 0 heterocycles. The average Bonchev–Trinajstić information content (AvgIpc) is 2.41. The predicted octanol–water partition coefficient (Wildman–Crippen LogP) is 3.81. The van der Waals surface area contributed by atoms with Gasteiger partial charge in [-0.3, -0.25) is 0 Å². The highest BCUT2D eigenvalue weighted by molar-refractivity contribution is 6.31. The van der Waals surface area contributed by atoms with Gasteiger partial charge in [0.25, 0.3) is 0 Å². The molecule has 0 atom stereocenters. The van der Waals surface area contributed by atoms with Gasteiger partial charge in [0.1, 0.15) is 5.82 Å². The van der Waals surface area contributed by atoms with E-state index >= 15 is 0 Å². The van der Waals surface area contributed by atoms with Crippen LogP contribution in [0.3, 0.4) is 0 Å². The number of carboxylic acids is 1. The van der Waals surface area contributed by atoms with E-state index in [9.17, 15) is 9.18 Å². The van der Waals surface area contributed by atoms with Gasteiger partial charge in [0, 0.05) is 18.6 Å². The van der Waals surface area contributed by atoms with Crippen molar-refractivity contribution in [3.8, 4) is 0 Å². The van der Waals surface area contributed by atoms with E-state index < -0.39 is 11.8 Å². The number of carbonyl (C=O) groups is 1. The molecule has 0 fully saturated rings. The maximum atomic E-state index is 13.9. The normalized spacial score (nSPS) is 10.3. The standard InChI is InChI=1S/C15H13ClFNO2/c1-18(9-11-4-2-3-5-12(11)16)14-7-6-10(15(19)20)8-13(14)17/h2-8H,9H2,1H3,(H,19,20). The summed E-state index contributed by atoms with van der Waals surface area (Å²) in [5, 5.41) is 9.43. The lowest BCUT2D eigenvalue weighted by Crippen LogP contribution is -2.18. The van der Waals surface area contributed by atoms with E-state index in [0.29, 0.717) is 17.3 Å². The Bertz CT molecular complexity index is 646. The largest absolute Gasteiger partial charge is 0.478 e. The molecule has 1 N–H and O–H groups in total. The van der Waals surface area contributed by atoms with Gasteiger partial charge in [-0.05, 0) is 29.8 Å². The van der Waals surface area contributed by atoms with Gasteiger partial charge in [0.05, 0.1) is 11.3 Å². The van der Waals surface area contributed by atoms with Gasteiger partial charge < -0.3 is 10.0 Å². The summed E-state index contributed by atoms with van der Waals surface area (Å²) in [6.07, 6.45) is 0. The fourth-order valence-corrected chi connectivity index (χ4v) is 2.11. The molecule has 5 heteroatoms. The van der Waals surface area contributed by atoms with Crippen molar-refractivity contribution >= 4 is 23.3 Å². The lowest BCUT2D eigenvalue weighted by atomic mass is 10.1. The van der Waals surface area contributed by atoms with E-state index in [1.807, 2.05) is 18.2 Å². The SMILES string of the molecule is CN(Cc1ccccc1Cl)c1ccc(C(=O)O)cc1F. The first-order valence-electron chi connectivity index (χ1n) is 5.96. The number of nitrogens with zero attached hydrogens (tertiary/aromatic N) is 1. The number of rotatable bonds is 4. The van der Waals surface area contributed by atoms with Crippen molar-refractivity contribution in [2.24, 2.45) is 0 Å². The molecule has 0 aliphatic carbocycles. The summed E-state index contributed by atoms with van der Waals surface area (Å²) in [6.45, 7) is 0.434. The number of hydrogen-bond acceptors (Lipinski definition) is 2. The Morgan fingerprint density at radius 3 is 2.60 bits per heavy atom. The Morgan fingerprint density at radius 2 is 2.00 bits per heavy atom. The molecule has 0 spiro atoms. The lowest BCUT2D eigenvalue weighted by molar-refractivity contribution is 0.0696. The van der Waals surface area contributed by atoms with E-state index in [2.05, 4.69) is 0 Å². The second kappa shape index (κ2) is 5.92. The first-order chi connectivity index (χ1) is 9.49. The minimum Gasteiger partial charge on any atom is -0.478 e. The van der Waals surface area contributed by atoms with Crippen LogP contribution in [0.15, 0.2) is 42.5 Å². The quantitative estimate of drug-likeness (QED) is 0.932. The summed E-state index contributed by atoms with van der Waals surface area (Å²) in [6, 6.07) is 11.2. The van der Waals surface area contributed by atoms with Crippen LogP contribution in [-0.4, -0.2) is 18.1 Å². The van der Waals surface area contributed by atoms with Crippen molar-refractivity contribution in [2.75, 3.05) is 11.9 Å². The first-order valence-corrected chi connectivity index (χ1v) is 6.34. The Hall–Kier alpha value is -2.07. The van der Waals surface area contributed by atoms with Crippen LogP contribution in [0.25, 0.3) is 0 Å². The molecular formula is C15H13ClFNO2. The Balaban J connectivity index is 2.23. The third-order valence-electron chi connectivity index (χ3n) is 2.97. The van der Waals surface area contributed by atoms with Gasteiger partial charge in [-0.15, -0.1) is 0 Å². The third-order valence-corrected chi connectivity index (χ3v) is 3.34. The molecule has 2 aromatic rings. The Labute approximate surface area is 121 Å². The topological polar surface area (TPSA) is 40.5 Å². The molecule has 0 aromatic heterocycles. The van der Waals surface area contributed by atoms with Crippen LogP contribution in [-0.2, 0) is 6.54 Å². The van der Waals surface area contributed by atoms with E-state index in [0.717, 1.165) is 11.6 Å². The van der Waals surface area contributed by atoms with Gasteiger partial charge in [-0.2, -0.15) is 0 Å². The molecule has 104 valence electrons. The third kappa shape index (κ3) is 3.08. The molecule has 0 amide bonds. The monoisotopic (exact) mass is 293 g/mol. The fourth-order valence-electron chi connectivity index (χ4n) is 1.92. The van der Waals surface area contributed by atoms with E-state index in [-0.39, 0.29) is 5.56 Å². The Morgan fingerprint density at radius 1 is 1.30 bits per heavy atom. The van der Waals surface area contributed by atoms with Crippen molar-refractivity contribution in [1.29, 1.82) is 0 Å². The summed E-state index contributed by atoms with van der Waals surface area (Å²) in [7, 11) is 1.72. The van der Waals surface area contributed by atoms with Crippen LogP contribution >= 0.6 is 11.6 Å². The molecule has 0 radical (unpaired) electrons. The molecule has 0 saturated carbocycles. The summed E-state index contributed by atoms with van der Waals surface area (Å²) in [5.41, 5.74) is 1.13. The summed E-state index contributed by atoms with van der Waals surface area (Å²) < 4.78 is 13.9. The molecule has 20 heavy (non-hydrogen) atoms. The minimum absolute atomic E-state index is 0.0719. The van der Waals surface area contributed by atoms with Gasteiger partial charge >= 0.3 is 5.97 Å². The van der Waals surface area contributed by atoms with Gasteiger partial charge in [-0.25, -0.2) is 9.18 Å². The summed E-state index contributed by atoms with van der Waals surface area (Å²) >= 11 is 6.06. The van der Waals surface area contributed by atoms with Crippen molar-refractivity contribution in [2.45, 2.75) is 6.54 Å². The molecule has 0 bridgehead atoms. The molecule has 0 unspecified atom stereocenters. The number of aromatic carboxylic acids is 1. The zero-order chi connectivity index (χ0) is 14.7. The van der Waals surface area contributed by atoms with Gasteiger partial charge in [0.2, 0.25) is 0 Å². The molecule has 0 aliphatic rings. The number of halogens is 2. The van der Waals surface area contributed by atoms with E-state index in [1.54, 1.807) is 18.0 Å². The molecule has 0 saturated heterocycles. The van der Waals surface area contributed by atoms with Crippen LogP contribution in [0.1, 0.15) is 15.9 Å². The average molecular weight is 294 g/mol. The zero-order valence-corrected chi connectivity index (χ0v) is 11.6. The minimum atomic E-state index is -1.15. The number of benzene rings is 2. The first kappa shape index (κ1) is 14.3. The molecule has 2 aromatic carbocycles. The Kier molecular flexibility index (Phi) is 4.25. The second-order valence-electron chi connectivity index (χ2n) is 4.42. The van der Waals surface area contributed by atoms with E-state index in [4.69, 9.17) is 16.7 Å². The van der Waals surface area contributed by atoms with Crippen molar-refractivity contribution < 1.29 is 14.3 Å². The van der Waals surface area contributed by atoms with E-state index in [1.165, 1.54) is 12.1 Å². The highest BCUT2D eigenvalue weighted by Gasteiger charge is 2.12. The lowest BCUT2D eigenvalue weighted by Gasteiger charge is -2.20. The van der Waals surface area contributed by atoms with Gasteiger partial charge in [-0.1, -0.05) is 29.8 Å². The highest BCUT2D eigenvalue weighted by Crippen LogP contribution is 2.23. The van der Waals surface area contributed by atoms with Crippen LogP contribution in [0.2, 0.25) is 5.02 Å². The molecule has 3 nitrogen and oxygen atoms in total. The molecule has 0 aliphatic heterocycles. The number of anilines is 1. The smallest absolute Gasteiger partial charge is 0.335 e. The van der Waals surface area contributed by atoms with Crippen LogP contribution in [0, 0.1) is 5.82 Å². The second-order valence-corrected chi connectivity index (χ2v) is 4.83. The maximum absolute atomic E-state index is 13.9. The van der Waals surface area contributed by atoms with Crippen LogP contribution < -0.4 is 4.90 Å². The van der Waals surface area contributed by atoms with Crippen molar-refractivity contribution in [3.05, 3.63) is 64.4 Å². The fraction of sp³-hybridized carbons (Fsp3) is 0.133. The zero-order valence-electron chi connectivity index (χ0n) is 10.8. The van der Waals surface area contributed by atoms with Gasteiger partial charge in [0.15, 0.2) is 0 Å². The maximum Gasteiger partial charge on any atom is 0.335 e. The summed E-state index contributed by atoms with van der Waals surface area (Å²) in [4.78, 5) is 12.5. The molecular weight excluding hydrogens is 281 g/mol. The summed E-state index contributed by atoms with van der Waals surface area (Å²) in [5.74, 6) is -1.72. The predicted molar refractivity (Wildman–Crippen MR) is 76.9 cm³/mol. The van der Waals surface area contributed by atoms with Crippen molar-refractivity contribution in [3.63, 3.8) is 0 Å². The van der Waals surface area contributed by atoms with Crippen LogP contribution in [0.5, 0.6) is 0 Å². The molecule has 2 rings (SSSR count). The number of carboxylic acid groups (broad SMARTS) is 1. The number of hydrogen-bond donors (Lipinski definition) is 1. The van der Waals surface area contributed by atoms with Crippen LogP contribution in [0.4, 0.5) is 10.1 Å². The van der Waals surface area contributed by atoms with Crippen molar-refractivity contribution in [1.82, 2.24) is 0 Å². The highest BCUT2D eigenvalue weighted by atomic mass is 35.5.